The summed E-state index contributed by atoms with van der Waals surface area (Å²) in [7, 11) is -0.823. The van der Waals surface area contributed by atoms with E-state index in [1.54, 1.807) is 19.2 Å². The molecule has 3 N–H and O–H groups in total. The SMILES string of the molecule is COc1cc(NS(=O)(=O)c2ccc(NC(=S)Nc3cc(C)ccc3OC)cc2)ncn1. The monoisotopic (exact) mass is 459 g/mol. The van der Waals surface area contributed by atoms with Gasteiger partial charge in [0, 0.05) is 11.8 Å². The third-order valence-electron chi connectivity index (χ3n) is 4.12. The Bertz CT molecular complexity index is 1180. The van der Waals surface area contributed by atoms with E-state index in [0.717, 1.165) is 11.3 Å². The molecular formula is C20H21N5O4S2. The number of hydrogen-bond donors (Lipinski definition) is 3. The fourth-order valence-electron chi connectivity index (χ4n) is 2.63. The maximum atomic E-state index is 12.6. The van der Waals surface area contributed by atoms with Gasteiger partial charge in [-0.1, -0.05) is 6.07 Å². The Balaban J connectivity index is 1.68. The van der Waals surface area contributed by atoms with E-state index in [-0.39, 0.29) is 16.6 Å². The molecule has 3 rings (SSSR count). The van der Waals surface area contributed by atoms with Gasteiger partial charge in [-0.2, -0.15) is 0 Å². The van der Waals surface area contributed by atoms with Gasteiger partial charge in [-0.3, -0.25) is 4.72 Å². The zero-order chi connectivity index (χ0) is 22.4. The maximum Gasteiger partial charge on any atom is 0.263 e. The number of ether oxygens (including phenoxy) is 2. The maximum absolute atomic E-state index is 12.6. The van der Waals surface area contributed by atoms with E-state index in [2.05, 4.69) is 25.3 Å². The number of thiocarbonyl (C=S) groups is 1. The summed E-state index contributed by atoms with van der Waals surface area (Å²) in [5.74, 6) is 1.01. The molecule has 11 heteroatoms. The quantitative estimate of drug-likeness (QED) is 0.457. The van der Waals surface area contributed by atoms with E-state index >= 15 is 0 Å². The lowest BCUT2D eigenvalue weighted by Crippen LogP contribution is -2.19. The molecule has 0 fully saturated rings. The second-order valence-electron chi connectivity index (χ2n) is 6.36. The lowest BCUT2D eigenvalue weighted by molar-refractivity contribution is 0.397. The number of aryl methyl sites for hydroxylation is 1. The van der Waals surface area contributed by atoms with Gasteiger partial charge in [-0.15, -0.1) is 0 Å². The van der Waals surface area contributed by atoms with Crippen LogP contribution in [0.1, 0.15) is 5.56 Å². The van der Waals surface area contributed by atoms with Gasteiger partial charge in [0.15, 0.2) is 5.11 Å². The molecule has 0 aliphatic rings. The molecule has 0 atom stereocenters. The molecule has 0 saturated carbocycles. The number of nitrogens with zero attached hydrogens (tertiary/aromatic N) is 2. The minimum atomic E-state index is -3.83. The van der Waals surface area contributed by atoms with Crippen molar-refractivity contribution in [1.82, 2.24) is 9.97 Å². The standard InChI is InChI=1S/C20H21N5O4S2/c1-13-4-9-17(28-2)16(10-13)24-20(30)23-14-5-7-15(8-6-14)31(26,27)25-18-11-19(29-3)22-12-21-18/h4-12H,1-3H3,(H,21,22,25)(H2,23,24,30). The molecule has 0 unspecified atom stereocenters. The van der Waals surface area contributed by atoms with E-state index in [4.69, 9.17) is 21.7 Å². The molecule has 3 aromatic rings. The Morgan fingerprint density at radius 3 is 2.39 bits per heavy atom. The third kappa shape index (κ3) is 5.80. The van der Waals surface area contributed by atoms with Crippen LogP contribution in [0.5, 0.6) is 11.6 Å². The van der Waals surface area contributed by atoms with Crippen molar-refractivity contribution in [1.29, 1.82) is 0 Å². The number of sulfonamides is 1. The number of hydrogen-bond acceptors (Lipinski definition) is 7. The topological polar surface area (TPSA) is 114 Å². The molecule has 0 radical (unpaired) electrons. The molecular weight excluding hydrogens is 438 g/mol. The van der Waals surface area contributed by atoms with Gasteiger partial charge in [0.2, 0.25) is 5.88 Å². The fourth-order valence-corrected chi connectivity index (χ4v) is 3.85. The summed E-state index contributed by atoms with van der Waals surface area (Å²) in [6, 6.07) is 13.2. The molecule has 1 aromatic heterocycles. The van der Waals surface area contributed by atoms with Gasteiger partial charge in [0.1, 0.15) is 17.9 Å². The van der Waals surface area contributed by atoms with Crippen LogP contribution < -0.4 is 24.8 Å². The lowest BCUT2D eigenvalue weighted by Gasteiger charge is -2.14. The molecule has 162 valence electrons. The van der Waals surface area contributed by atoms with Crippen LogP contribution in [0.4, 0.5) is 17.2 Å². The highest BCUT2D eigenvalue weighted by atomic mass is 32.2. The van der Waals surface area contributed by atoms with Crippen molar-refractivity contribution >= 4 is 44.5 Å². The summed E-state index contributed by atoms with van der Waals surface area (Å²) >= 11 is 5.35. The predicted octanol–water partition coefficient (Wildman–Crippen LogP) is 3.41. The number of benzene rings is 2. The second-order valence-corrected chi connectivity index (χ2v) is 8.45. The average molecular weight is 460 g/mol. The van der Waals surface area contributed by atoms with Crippen LogP contribution in [0.3, 0.4) is 0 Å². The smallest absolute Gasteiger partial charge is 0.263 e. The Morgan fingerprint density at radius 1 is 0.968 bits per heavy atom. The Hall–Kier alpha value is -3.44. The number of methoxy groups -OCH3 is 2. The van der Waals surface area contributed by atoms with Gasteiger partial charge in [0.05, 0.1) is 24.8 Å². The zero-order valence-corrected chi connectivity index (χ0v) is 18.7. The number of rotatable bonds is 7. The normalized spacial score (nSPS) is 10.8. The molecule has 0 aliphatic heterocycles. The molecule has 9 nitrogen and oxygen atoms in total. The third-order valence-corrected chi connectivity index (χ3v) is 5.69. The Morgan fingerprint density at radius 2 is 1.71 bits per heavy atom. The minimum absolute atomic E-state index is 0.0647. The lowest BCUT2D eigenvalue weighted by atomic mass is 10.2. The molecule has 0 aliphatic carbocycles. The van der Waals surface area contributed by atoms with Crippen LogP contribution in [-0.2, 0) is 10.0 Å². The summed E-state index contributed by atoms with van der Waals surface area (Å²) in [5, 5.41) is 6.43. The minimum Gasteiger partial charge on any atom is -0.495 e. The van der Waals surface area contributed by atoms with Crippen molar-refractivity contribution in [3.05, 3.63) is 60.4 Å². The van der Waals surface area contributed by atoms with Crippen molar-refractivity contribution in [2.45, 2.75) is 11.8 Å². The zero-order valence-electron chi connectivity index (χ0n) is 17.0. The Kier molecular flexibility index (Phi) is 6.88. The predicted molar refractivity (Wildman–Crippen MR) is 123 cm³/mol. The first-order valence-electron chi connectivity index (χ1n) is 9.02. The van der Waals surface area contributed by atoms with Gasteiger partial charge in [0.25, 0.3) is 10.0 Å². The van der Waals surface area contributed by atoms with E-state index in [0.29, 0.717) is 16.5 Å². The van der Waals surface area contributed by atoms with Crippen molar-refractivity contribution in [3.63, 3.8) is 0 Å². The number of anilines is 3. The first-order chi connectivity index (χ1) is 14.8. The molecule has 0 spiro atoms. The average Bonchev–Trinajstić information content (AvgIpc) is 2.74. The van der Waals surface area contributed by atoms with E-state index in [1.807, 2.05) is 25.1 Å². The van der Waals surface area contributed by atoms with Crippen molar-refractivity contribution in [3.8, 4) is 11.6 Å². The number of nitrogens with one attached hydrogen (secondary N) is 3. The fraction of sp³-hybridized carbons (Fsp3) is 0.150. The first kappa shape index (κ1) is 22.2. The van der Waals surface area contributed by atoms with Crippen LogP contribution in [0, 0.1) is 6.92 Å². The highest BCUT2D eigenvalue weighted by Crippen LogP contribution is 2.25. The van der Waals surface area contributed by atoms with Gasteiger partial charge in [-0.25, -0.2) is 18.4 Å². The van der Waals surface area contributed by atoms with Crippen LogP contribution in [0.15, 0.2) is 59.8 Å². The van der Waals surface area contributed by atoms with E-state index in [1.165, 1.54) is 31.6 Å². The van der Waals surface area contributed by atoms with Crippen LogP contribution in [0.2, 0.25) is 0 Å². The Labute approximate surface area is 185 Å². The molecule has 31 heavy (non-hydrogen) atoms. The highest BCUT2D eigenvalue weighted by Gasteiger charge is 2.15. The van der Waals surface area contributed by atoms with Gasteiger partial charge < -0.3 is 20.1 Å². The first-order valence-corrected chi connectivity index (χ1v) is 10.9. The molecule has 0 amide bonds. The molecule has 1 heterocycles. The van der Waals surface area contributed by atoms with Crippen molar-refractivity contribution in [2.75, 3.05) is 29.6 Å². The summed E-state index contributed by atoms with van der Waals surface area (Å²) in [5.41, 5.74) is 2.39. The van der Waals surface area contributed by atoms with E-state index in [9.17, 15) is 8.42 Å². The summed E-state index contributed by atoms with van der Waals surface area (Å²) in [4.78, 5) is 7.79. The van der Waals surface area contributed by atoms with E-state index < -0.39 is 10.0 Å². The van der Waals surface area contributed by atoms with Crippen molar-refractivity contribution in [2.24, 2.45) is 0 Å². The molecule has 2 aromatic carbocycles. The van der Waals surface area contributed by atoms with Crippen LogP contribution >= 0.6 is 12.2 Å². The number of aromatic nitrogens is 2. The van der Waals surface area contributed by atoms with Gasteiger partial charge >= 0.3 is 0 Å². The molecule has 0 bridgehead atoms. The largest absolute Gasteiger partial charge is 0.495 e. The van der Waals surface area contributed by atoms with Gasteiger partial charge in [-0.05, 0) is 61.1 Å². The summed E-state index contributed by atoms with van der Waals surface area (Å²) in [6.45, 7) is 1.96. The second kappa shape index (κ2) is 9.58. The summed E-state index contributed by atoms with van der Waals surface area (Å²) in [6.07, 6.45) is 1.21. The summed E-state index contributed by atoms with van der Waals surface area (Å²) < 4.78 is 37.9. The van der Waals surface area contributed by atoms with Crippen LogP contribution in [0.25, 0.3) is 0 Å². The van der Waals surface area contributed by atoms with Crippen molar-refractivity contribution < 1.29 is 17.9 Å². The molecule has 0 saturated heterocycles. The van der Waals surface area contributed by atoms with Crippen LogP contribution in [-0.4, -0.2) is 37.7 Å². The highest BCUT2D eigenvalue weighted by molar-refractivity contribution is 7.92.